The second-order valence-corrected chi connectivity index (χ2v) is 16.7. The van der Waals surface area contributed by atoms with E-state index >= 15 is 0 Å². The van der Waals surface area contributed by atoms with Crippen molar-refractivity contribution in [3.63, 3.8) is 0 Å². The van der Waals surface area contributed by atoms with Crippen LogP contribution < -0.4 is 9.80 Å². The third kappa shape index (κ3) is 4.76. The van der Waals surface area contributed by atoms with Gasteiger partial charge in [0.2, 0.25) is 23.6 Å². The quantitative estimate of drug-likeness (QED) is 0.143. The number of fused-ring (bicyclic) bond motifs is 5. The van der Waals surface area contributed by atoms with Crippen LogP contribution in [0.5, 0.6) is 0 Å². The molecule has 3 aromatic heterocycles. The summed E-state index contributed by atoms with van der Waals surface area (Å²) >= 11 is 14.3. The fraction of sp³-hybridized carbons (Fsp3) is 0.325. The van der Waals surface area contributed by atoms with E-state index in [0.29, 0.717) is 45.2 Å². The number of halogens is 2. The van der Waals surface area contributed by atoms with Crippen LogP contribution in [0.25, 0.3) is 20.7 Å². The fourth-order valence-electron chi connectivity index (χ4n) is 9.36. The number of benzene rings is 2. The summed E-state index contributed by atoms with van der Waals surface area (Å²) in [6.07, 6.45) is 2.45. The first-order valence-electron chi connectivity index (χ1n) is 17.5. The van der Waals surface area contributed by atoms with Gasteiger partial charge in [0.05, 0.1) is 39.7 Å². The average Bonchev–Trinajstić information content (AvgIpc) is 3.92. The Hall–Kier alpha value is -4.55. The summed E-state index contributed by atoms with van der Waals surface area (Å²) in [6.45, 7) is 5.30. The SMILES string of the molecule is Cc1ccc(N2C(=O)C3CC=C4C(CC5C(=O)N(c6cc(-c7sc8ccc(Cl)cc8c7C)nn6C)C(=O)C5(C)C4c4ccc(CO)o4)C3C2=O)cc1Cl. The number of carbonyl (C=O) groups excluding carboxylic acids is 4. The van der Waals surface area contributed by atoms with E-state index in [-0.39, 0.29) is 24.8 Å². The van der Waals surface area contributed by atoms with Crippen molar-refractivity contribution in [3.8, 4) is 10.6 Å². The fourth-order valence-corrected chi connectivity index (χ4v) is 10.9. The van der Waals surface area contributed by atoms with Gasteiger partial charge in [0.15, 0.2) is 0 Å². The summed E-state index contributed by atoms with van der Waals surface area (Å²) in [5, 5.41) is 16.8. The molecule has 10 nitrogen and oxygen atoms in total. The van der Waals surface area contributed by atoms with E-state index in [1.807, 2.05) is 38.1 Å². The van der Waals surface area contributed by atoms with Crippen LogP contribution in [0.2, 0.25) is 10.0 Å². The average molecular weight is 770 g/mol. The molecular formula is C40H34Cl2N4O6S. The second kappa shape index (κ2) is 12.0. The predicted octanol–water partition coefficient (Wildman–Crippen LogP) is 7.75. The van der Waals surface area contributed by atoms with E-state index in [1.165, 1.54) is 9.80 Å². The van der Waals surface area contributed by atoms with Gasteiger partial charge in [-0.3, -0.25) is 23.9 Å². The second-order valence-electron chi connectivity index (χ2n) is 14.8. The number of hydrogen-bond donors (Lipinski definition) is 1. The molecule has 2 saturated heterocycles. The minimum Gasteiger partial charge on any atom is -0.463 e. The molecule has 6 unspecified atom stereocenters. The summed E-state index contributed by atoms with van der Waals surface area (Å²) < 4.78 is 8.75. The van der Waals surface area contributed by atoms with Crippen molar-refractivity contribution >= 4 is 79.8 Å². The first-order valence-corrected chi connectivity index (χ1v) is 19.1. The van der Waals surface area contributed by atoms with Crippen molar-refractivity contribution in [3.05, 3.63) is 98.9 Å². The predicted molar refractivity (Wildman–Crippen MR) is 202 cm³/mol. The van der Waals surface area contributed by atoms with Gasteiger partial charge in [0.1, 0.15) is 29.6 Å². The van der Waals surface area contributed by atoms with Gasteiger partial charge < -0.3 is 9.52 Å². The van der Waals surface area contributed by atoms with Crippen LogP contribution in [0.3, 0.4) is 0 Å². The number of amides is 4. The molecule has 2 aliphatic carbocycles. The maximum atomic E-state index is 15.0. The molecule has 3 fully saturated rings. The lowest BCUT2D eigenvalue weighted by Crippen LogP contribution is -2.48. The molecule has 13 heteroatoms. The lowest BCUT2D eigenvalue weighted by atomic mass is 9.52. The van der Waals surface area contributed by atoms with Crippen LogP contribution in [0, 0.1) is 42.9 Å². The Kier molecular flexibility index (Phi) is 7.74. The number of aromatic nitrogens is 2. The van der Waals surface area contributed by atoms with Crippen LogP contribution in [0.4, 0.5) is 11.5 Å². The van der Waals surface area contributed by atoms with E-state index < -0.39 is 46.8 Å². The van der Waals surface area contributed by atoms with Crippen molar-refractivity contribution in [2.24, 2.45) is 36.1 Å². The Morgan fingerprint density at radius 1 is 0.962 bits per heavy atom. The number of thiophene rings is 1. The maximum Gasteiger partial charge on any atom is 0.242 e. The lowest BCUT2D eigenvalue weighted by molar-refractivity contribution is -0.131. The largest absolute Gasteiger partial charge is 0.463 e. The van der Waals surface area contributed by atoms with Gasteiger partial charge in [-0.15, -0.1) is 11.3 Å². The molecule has 270 valence electrons. The molecule has 53 heavy (non-hydrogen) atoms. The van der Waals surface area contributed by atoms with Crippen molar-refractivity contribution in [1.82, 2.24) is 9.78 Å². The third-order valence-corrected chi connectivity index (χ3v) is 14.0. The van der Waals surface area contributed by atoms with Crippen LogP contribution in [-0.4, -0.2) is 38.5 Å². The van der Waals surface area contributed by atoms with Gasteiger partial charge in [0, 0.05) is 27.9 Å². The number of nitrogens with zero attached hydrogens (tertiary/aromatic N) is 4. The minimum absolute atomic E-state index is 0.192. The molecule has 2 aromatic carbocycles. The Balaban J connectivity index is 1.14. The Morgan fingerprint density at radius 2 is 1.75 bits per heavy atom. The van der Waals surface area contributed by atoms with E-state index in [1.54, 1.807) is 66.4 Å². The van der Waals surface area contributed by atoms with Gasteiger partial charge >= 0.3 is 0 Å². The van der Waals surface area contributed by atoms with E-state index in [4.69, 9.17) is 32.7 Å². The van der Waals surface area contributed by atoms with Gasteiger partial charge in [-0.25, -0.2) is 9.80 Å². The van der Waals surface area contributed by atoms with Gasteiger partial charge in [0.25, 0.3) is 0 Å². The summed E-state index contributed by atoms with van der Waals surface area (Å²) in [5.41, 5.74) is 2.34. The van der Waals surface area contributed by atoms with E-state index in [0.717, 1.165) is 31.7 Å². The first-order chi connectivity index (χ1) is 25.3. The van der Waals surface area contributed by atoms with Crippen molar-refractivity contribution in [2.75, 3.05) is 9.80 Å². The summed E-state index contributed by atoms with van der Waals surface area (Å²) in [7, 11) is 1.71. The number of aryl methyl sites for hydroxylation is 3. The van der Waals surface area contributed by atoms with Crippen molar-refractivity contribution in [1.29, 1.82) is 0 Å². The highest BCUT2D eigenvalue weighted by Crippen LogP contribution is 2.64. The molecular weight excluding hydrogens is 735 g/mol. The van der Waals surface area contributed by atoms with Crippen molar-refractivity contribution in [2.45, 2.75) is 46.1 Å². The molecule has 2 aliphatic heterocycles. The molecule has 6 atom stereocenters. The zero-order valence-electron chi connectivity index (χ0n) is 29.2. The van der Waals surface area contributed by atoms with Crippen LogP contribution >= 0.6 is 34.5 Å². The van der Waals surface area contributed by atoms with E-state index in [2.05, 4.69) is 0 Å². The molecule has 9 rings (SSSR count). The van der Waals surface area contributed by atoms with Crippen LogP contribution in [0.1, 0.15) is 48.3 Å². The first kappa shape index (κ1) is 34.2. The topological polar surface area (TPSA) is 126 Å². The monoisotopic (exact) mass is 768 g/mol. The number of anilines is 2. The molecule has 4 amide bonds. The molecule has 4 aliphatic rings. The molecule has 0 bridgehead atoms. The number of allylic oxidation sites excluding steroid dienone is 2. The molecule has 5 heterocycles. The van der Waals surface area contributed by atoms with Gasteiger partial charge in [-0.2, -0.15) is 5.10 Å². The van der Waals surface area contributed by atoms with Crippen LogP contribution in [-0.2, 0) is 32.8 Å². The zero-order chi connectivity index (χ0) is 37.2. The molecule has 0 radical (unpaired) electrons. The Morgan fingerprint density at radius 3 is 2.49 bits per heavy atom. The molecule has 0 spiro atoms. The standard InChI is InChI=1S/C40H34Cl2N4O6S/c1-18-5-7-21(14-28(18)42)45-36(48)24-10-9-23-26(33(24)38(45)50)15-27-37(49)46(39(51)40(27,3)34(23)30-11-8-22(17-47)52-30)32-16-29(43-44(32)4)35-19(2)25-13-20(41)6-12-31(25)53-35/h5-9,11-14,16,24,26-27,33-34,47H,10,15,17H2,1-4H3. The normalized spacial score (nSPS) is 26.8. The number of furan rings is 1. The van der Waals surface area contributed by atoms with Crippen molar-refractivity contribution < 1.29 is 28.7 Å². The summed E-state index contributed by atoms with van der Waals surface area (Å²) in [4.78, 5) is 61.5. The molecule has 1 N–H and O–H groups in total. The van der Waals surface area contributed by atoms with Crippen LogP contribution in [0.15, 0.2) is 70.7 Å². The smallest absolute Gasteiger partial charge is 0.242 e. The zero-order valence-corrected chi connectivity index (χ0v) is 31.6. The Labute approximate surface area is 318 Å². The Bertz CT molecular complexity index is 2480. The third-order valence-electron chi connectivity index (χ3n) is 12.0. The number of hydrogen-bond acceptors (Lipinski definition) is 8. The number of carbonyl (C=O) groups is 4. The summed E-state index contributed by atoms with van der Waals surface area (Å²) in [6, 6.07) is 16.0. The molecule has 1 saturated carbocycles. The summed E-state index contributed by atoms with van der Waals surface area (Å²) in [5.74, 6) is -3.86. The highest BCUT2D eigenvalue weighted by Gasteiger charge is 2.68. The van der Waals surface area contributed by atoms with E-state index in [9.17, 15) is 24.3 Å². The maximum absolute atomic E-state index is 15.0. The highest BCUT2D eigenvalue weighted by molar-refractivity contribution is 7.22. The minimum atomic E-state index is -1.30. The number of aliphatic hydroxyl groups is 1. The van der Waals surface area contributed by atoms with Gasteiger partial charge in [-0.1, -0.05) is 40.9 Å². The number of imide groups is 2. The number of rotatable bonds is 5. The number of aliphatic hydroxyl groups excluding tert-OH is 1. The highest BCUT2D eigenvalue weighted by atomic mass is 35.5. The van der Waals surface area contributed by atoms with Gasteiger partial charge in [-0.05, 0) is 98.5 Å². The lowest BCUT2D eigenvalue weighted by Gasteiger charge is -2.48. The molecule has 5 aromatic rings.